The van der Waals surface area contributed by atoms with E-state index in [1.165, 1.54) is 0 Å². The van der Waals surface area contributed by atoms with E-state index in [0.29, 0.717) is 6.61 Å². The van der Waals surface area contributed by atoms with Crippen LogP contribution in [-0.2, 0) is 20.6 Å². The van der Waals surface area contributed by atoms with Crippen LogP contribution in [0.2, 0.25) is 0 Å². The molecule has 0 bridgehead atoms. The van der Waals surface area contributed by atoms with Crippen molar-refractivity contribution in [1.29, 1.82) is 0 Å². The molecule has 0 saturated carbocycles. The van der Waals surface area contributed by atoms with Gasteiger partial charge in [0.05, 0.1) is 12.5 Å². The fourth-order valence-corrected chi connectivity index (χ4v) is 1.48. The molecule has 0 aliphatic heterocycles. The average molecular weight is 221 g/mol. The zero-order valence-electron chi connectivity index (χ0n) is 8.65. The quantitative estimate of drug-likeness (QED) is 0.368. The number of esters is 1. The van der Waals surface area contributed by atoms with Crippen LogP contribution in [0.15, 0.2) is 0 Å². The highest BCUT2D eigenvalue weighted by Gasteiger charge is 2.13. The third kappa shape index (κ3) is 7.03. The molecule has 0 rings (SSSR count). The van der Waals surface area contributed by atoms with Gasteiger partial charge in [0.2, 0.25) is 0 Å². The second-order valence-corrected chi connectivity index (χ2v) is 4.19. The lowest BCUT2D eigenvalue weighted by molar-refractivity contribution is -0.147. The average Bonchev–Trinajstić information content (AvgIpc) is 2.11. The minimum Gasteiger partial charge on any atom is -0.772 e. The fourth-order valence-electron chi connectivity index (χ4n) is 0.939. The van der Waals surface area contributed by atoms with Gasteiger partial charge in [-0.05, 0) is 6.42 Å². The first-order valence-electron chi connectivity index (χ1n) is 4.80. The van der Waals surface area contributed by atoms with Gasteiger partial charge < -0.3 is 9.29 Å². The molecule has 0 aromatic carbocycles. The molecule has 0 radical (unpaired) electrons. The molecule has 0 aliphatic rings. The molecule has 84 valence electrons. The van der Waals surface area contributed by atoms with Crippen LogP contribution in [0.5, 0.6) is 0 Å². The second kappa shape index (κ2) is 7.94. The monoisotopic (exact) mass is 221 g/mol. The molecule has 0 N–H and O–H groups in total. The molecule has 5 heteroatoms. The summed E-state index contributed by atoms with van der Waals surface area (Å²) in [7, 11) is 0. The van der Waals surface area contributed by atoms with Gasteiger partial charge in [0.15, 0.2) is 0 Å². The summed E-state index contributed by atoms with van der Waals surface area (Å²) in [5.41, 5.74) is 0. The predicted molar refractivity (Wildman–Crippen MR) is 53.4 cm³/mol. The number of hydrogen-bond acceptors (Lipinski definition) is 4. The minimum absolute atomic E-state index is 0.160. The van der Waals surface area contributed by atoms with E-state index in [0.717, 1.165) is 19.3 Å². The summed E-state index contributed by atoms with van der Waals surface area (Å²) in [6, 6.07) is 0. The predicted octanol–water partition coefficient (Wildman–Crippen LogP) is 1.24. The van der Waals surface area contributed by atoms with Gasteiger partial charge in [0, 0.05) is 5.75 Å². The molecule has 2 unspecified atom stereocenters. The number of rotatable bonds is 7. The van der Waals surface area contributed by atoms with Crippen LogP contribution >= 0.6 is 0 Å². The Labute approximate surface area is 87.3 Å². The topological polar surface area (TPSA) is 66.4 Å². The molecule has 0 amide bonds. The van der Waals surface area contributed by atoms with Crippen LogP contribution in [-0.4, -0.2) is 27.1 Å². The van der Waals surface area contributed by atoms with Crippen molar-refractivity contribution < 1.29 is 18.3 Å². The molecule has 0 aromatic heterocycles. The van der Waals surface area contributed by atoms with Crippen LogP contribution in [0.25, 0.3) is 0 Å². The highest BCUT2D eigenvalue weighted by molar-refractivity contribution is 7.79. The Morgan fingerprint density at radius 3 is 2.64 bits per heavy atom. The Kier molecular flexibility index (Phi) is 7.70. The van der Waals surface area contributed by atoms with Gasteiger partial charge >= 0.3 is 5.97 Å². The largest absolute Gasteiger partial charge is 0.772 e. The summed E-state index contributed by atoms with van der Waals surface area (Å²) in [6.07, 6.45) is 2.93. The molecule has 4 nitrogen and oxygen atoms in total. The normalized spacial score (nSPS) is 14.8. The van der Waals surface area contributed by atoms with Gasteiger partial charge in [-0.3, -0.25) is 9.00 Å². The maximum atomic E-state index is 11.1. The van der Waals surface area contributed by atoms with E-state index in [1.54, 1.807) is 6.92 Å². The third-order valence-electron chi connectivity index (χ3n) is 1.78. The van der Waals surface area contributed by atoms with Crippen molar-refractivity contribution in [1.82, 2.24) is 0 Å². The van der Waals surface area contributed by atoms with E-state index in [2.05, 4.69) is 6.92 Å². The first-order chi connectivity index (χ1) is 6.57. The Bertz CT molecular complexity index is 193. The first-order valence-corrected chi connectivity index (χ1v) is 6.04. The van der Waals surface area contributed by atoms with E-state index < -0.39 is 23.0 Å². The van der Waals surface area contributed by atoms with E-state index in [1.807, 2.05) is 0 Å². The number of carbonyl (C=O) groups is 1. The van der Waals surface area contributed by atoms with Gasteiger partial charge in [-0.1, -0.05) is 37.8 Å². The minimum atomic E-state index is -2.18. The van der Waals surface area contributed by atoms with Crippen molar-refractivity contribution in [2.24, 2.45) is 5.92 Å². The van der Waals surface area contributed by atoms with Gasteiger partial charge in [0.25, 0.3) is 0 Å². The Hall–Kier alpha value is -0.420. The van der Waals surface area contributed by atoms with Crippen LogP contribution < -0.4 is 0 Å². The number of unbranched alkanes of at least 4 members (excludes halogenated alkanes) is 2. The van der Waals surface area contributed by atoms with Crippen molar-refractivity contribution >= 4 is 17.0 Å². The first kappa shape index (κ1) is 13.6. The van der Waals surface area contributed by atoms with Crippen LogP contribution in [0.3, 0.4) is 0 Å². The number of hydrogen-bond donors (Lipinski definition) is 0. The summed E-state index contributed by atoms with van der Waals surface area (Å²) < 4.78 is 25.5. The van der Waals surface area contributed by atoms with Crippen molar-refractivity contribution in [3.8, 4) is 0 Å². The molecule has 0 heterocycles. The molecule has 0 aliphatic carbocycles. The lowest BCUT2D eigenvalue weighted by atomic mass is 10.2. The van der Waals surface area contributed by atoms with Crippen LogP contribution in [0, 0.1) is 5.92 Å². The molecule has 0 fully saturated rings. The summed E-state index contributed by atoms with van der Waals surface area (Å²) in [5.74, 6) is -1.15. The van der Waals surface area contributed by atoms with Gasteiger partial charge in [0.1, 0.15) is 0 Å². The molecular formula is C9H17O4S-. The summed E-state index contributed by atoms with van der Waals surface area (Å²) in [4.78, 5) is 11.1. The van der Waals surface area contributed by atoms with Crippen LogP contribution in [0.4, 0.5) is 0 Å². The highest BCUT2D eigenvalue weighted by atomic mass is 32.2. The van der Waals surface area contributed by atoms with Crippen LogP contribution in [0.1, 0.15) is 33.1 Å². The smallest absolute Gasteiger partial charge is 0.309 e. The summed E-state index contributed by atoms with van der Waals surface area (Å²) in [6.45, 7) is 4.01. The molecular weight excluding hydrogens is 204 g/mol. The lowest BCUT2D eigenvalue weighted by Crippen LogP contribution is -2.21. The number of carbonyl (C=O) groups excluding carboxylic acids is 1. The van der Waals surface area contributed by atoms with Gasteiger partial charge in [-0.2, -0.15) is 0 Å². The number of ether oxygens (including phenoxy) is 1. The van der Waals surface area contributed by atoms with E-state index in [4.69, 9.17) is 4.74 Å². The maximum Gasteiger partial charge on any atom is 0.309 e. The van der Waals surface area contributed by atoms with E-state index in [-0.39, 0.29) is 5.75 Å². The molecule has 14 heavy (non-hydrogen) atoms. The van der Waals surface area contributed by atoms with Crippen molar-refractivity contribution in [3.05, 3.63) is 0 Å². The van der Waals surface area contributed by atoms with Crippen molar-refractivity contribution in [2.45, 2.75) is 33.1 Å². The second-order valence-electron chi connectivity index (χ2n) is 3.25. The highest BCUT2D eigenvalue weighted by Crippen LogP contribution is 2.02. The fraction of sp³-hybridized carbons (Fsp3) is 0.889. The van der Waals surface area contributed by atoms with E-state index in [9.17, 15) is 13.6 Å². The SMILES string of the molecule is CCCCCOC(=O)C(C)CS(=O)[O-]. The standard InChI is InChI=1S/C9H18O4S/c1-3-4-5-6-13-9(10)8(2)7-14(11)12/h8H,3-7H2,1-2H3,(H,11,12)/p-1. The zero-order valence-corrected chi connectivity index (χ0v) is 9.47. The molecule has 0 spiro atoms. The maximum absolute atomic E-state index is 11.1. The Morgan fingerprint density at radius 1 is 1.50 bits per heavy atom. The van der Waals surface area contributed by atoms with Gasteiger partial charge in [-0.25, -0.2) is 0 Å². The lowest BCUT2D eigenvalue weighted by Gasteiger charge is -2.12. The Morgan fingerprint density at radius 2 is 2.14 bits per heavy atom. The van der Waals surface area contributed by atoms with Crippen molar-refractivity contribution in [3.63, 3.8) is 0 Å². The van der Waals surface area contributed by atoms with Crippen molar-refractivity contribution in [2.75, 3.05) is 12.4 Å². The molecule has 0 saturated heterocycles. The third-order valence-corrected chi connectivity index (χ3v) is 2.55. The molecule has 0 aromatic rings. The van der Waals surface area contributed by atoms with E-state index >= 15 is 0 Å². The molecule has 2 atom stereocenters. The Balaban J connectivity index is 3.57. The van der Waals surface area contributed by atoms with Gasteiger partial charge in [-0.15, -0.1) is 0 Å². The summed E-state index contributed by atoms with van der Waals surface area (Å²) >= 11 is -2.18. The zero-order chi connectivity index (χ0) is 11.0. The summed E-state index contributed by atoms with van der Waals surface area (Å²) in [5, 5.41) is 0.